The first-order valence-corrected chi connectivity index (χ1v) is 7.45. The number of hydrogen-bond donors (Lipinski definition) is 1. The molecule has 17 heavy (non-hydrogen) atoms. The van der Waals surface area contributed by atoms with Gasteiger partial charge in [-0.2, -0.15) is 0 Å². The number of hydrogen-bond acceptors (Lipinski definition) is 3. The topological polar surface area (TPSA) is 67.0 Å². The molecule has 5 heteroatoms. The van der Waals surface area contributed by atoms with Crippen molar-refractivity contribution in [3.63, 3.8) is 0 Å². The van der Waals surface area contributed by atoms with Crippen molar-refractivity contribution in [1.82, 2.24) is 4.98 Å². The SMILES string of the molecule is CCCc1c(C)[nH]c(=O)c(S(=O)(=O)CC)c1C. The summed E-state index contributed by atoms with van der Waals surface area (Å²) < 4.78 is 23.8. The third-order valence-corrected chi connectivity index (χ3v) is 4.82. The molecule has 1 heterocycles. The van der Waals surface area contributed by atoms with Crippen LogP contribution in [0.3, 0.4) is 0 Å². The summed E-state index contributed by atoms with van der Waals surface area (Å²) in [5, 5.41) is 0. The fourth-order valence-electron chi connectivity index (χ4n) is 2.03. The molecule has 0 saturated carbocycles. The molecule has 0 aliphatic heterocycles. The van der Waals surface area contributed by atoms with E-state index in [-0.39, 0.29) is 10.6 Å². The molecule has 0 radical (unpaired) electrons. The maximum Gasteiger partial charge on any atom is 0.267 e. The van der Waals surface area contributed by atoms with E-state index < -0.39 is 15.4 Å². The number of H-pyrrole nitrogens is 1. The molecule has 0 amide bonds. The molecule has 0 saturated heterocycles. The van der Waals surface area contributed by atoms with Crippen molar-refractivity contribution in [2.24, 2.45) is 0 Å². The van der Waals surface area contributed by atoms with E-state index in [1.165, 1.54) is 0 Å². The fourth-order valence-corrected chi connectivity index (χ4v) is 3.25. The maximum atomic E-state index is 11.9. The van der Waals surface area contributed by atoms with Gasteiger partial charge < -0.3 is 4.98 Å². The summed E-state index contributed by atoms with van der Waals surface area (Å²) in [7, 11) is -3.46. The Bertz CT molecular complexity index is 570. The molecule has 1 aromatic rings. The van der Waals surface area contributed by atoms with Crippen molar-refractivity contribution < 1.29 is 8.42 Å². The van der Waals surface area contributed by atoms with Gasteiger partial charge in [-0.15, -0.1) is 0 Å². The van der Waals surface area contributed by atoms with Crippen LogP contribution >= 0.6 is 0 Å². The monoisotopic (exact) mass is 257 g/mol. The van der Waals surface area contributed by atoms with Crippen molar-refractivity contribution in [3.8, 4) is 0 Å². The summed E-state index contributed by atoms with van der Waals surface area (Å²) >= 11 is 0. The Hall–Kier alpha value is -1.10. The number of aryl methyl sites for hydroxylation is 1. The molecule has 1 aromatic heterocycles. The van der Waals surface area contributed by atoms with Crippen molar-refractivity contribution in [1.29, 1.82) is 0 Å². The van der Waals surface area contributed by atoms with Crippen LogP contribution in [0.1, 0.15) is 37.1 Å². The van der Waals surface area contributed by atoms with Gasteiger partial charge in [0.2, 0.25) is 0 Å². The van der Waals surface area contributed by atoms with Gasteiger partial charge in [0.15, 0.2) is 9.84 Å². The van der Waals surface area contributed by atoms with Gasteiger partial charge in [0.25, 0.3) is 5.56 Å². The van der Waals surface area contributed by atoms with Crippen LogP contribution in [0.15, 0.2) is 9.69 Å². The van der Waals surface area contributed by atoms with Crippen LogP contribution < -0.4 is 5.56 Å². The fraction of sp³-hybridized carbons (Fsp3) is 0.583. The van der Waals surface area contributed by atoms with E-state index in [0.717, 1.165) is 24.1 Å². The third-order valence-electron chi connectivity index (χ3n) is 2.94. The average molecular weight is 257 g/mol. The molecule has 4 nitrogen and oxygen atoms in total. The summed E-state index contributed by atoms with van der Waals surface area (Å²) in [6, 6.07) is 0. The van der Waals surface area contributed by atoms with Crippen LogP contribution in [0.2, 0.25) is 0 Å². The highest BCUT2D eigenvalue weighted by molar-refractivity contribution is 7.91. The highest BCUT2D eigenvalue weighted by Crippen LogP contribution is 2.19. The second-order valence-electron chi connectivity index (χ2n) is 4.17. The third kappa shape index (κ3) is 2.60. The van der Waals surface area contributed by atoms with Gasteiger partial charge in [0.05, 0.1) is 5.75 Å². The van der Waals surface area contributed by atoms with Gasteiger partial charge >= 0.3 is 0 Å². The maximum absolute atomic E-state index is 11.9. The van der Waals surface area contributed by atoms with Crippen LogP contribution in [0, 0.1) is 13.8 Å². The Morgan fingerprint density at radius 2 is 1.76 bits per heavy atom. The number of pyridine rings is 1. The van der Waals surface area contributed by atoms with Crippen molar-refractivity contribution in [3.05, 3.63) is 27.2 Å². The molecule has 1 rings (SSSR count). The molecule has 0 spiro atoms. The molecule has 0 aromatic carbocycles. The number of rotatable bonds is 4. The molecule has 0 atom stereocenters. The molecular weight excluding hydrogens is 238 g/mol. The average Bonchev–Trinajstić information content (AvgIpc) is 2.23. The predicted molar refractivity (Wildman–Crippen MR) is 68.3 cm³/mol. The van der Waals surface area contributed by atoms with Gasteiger partial charge in [-0.1, -0.05) is 20.3 Å². The first kappa shape index (κ1) is 14.0. The summed E-state index contributed by atoms with van der Waals surface area (Å²) in [5.41, 5.74) is 1.82. The highest BCUT2D eigenvalue weighted by atomic mass is 32.2. The minimum absolute atomic E-state index is 0.0501. The van der Waals surface area contributed by atoms with Crippen LogP contribution in [-0.4, -0.2) is 19.2 Å². The lowest BCUT2D eigenvalue weighted by Crippen LogP contribution is -2.23. The molecule has 0 bridgehead atoms. The quantitative estimate of drug-likeness (QED) is 0.893. The van der Waals surface area contributed by atoms with Crippen LogP contribution in [0.5, 0.6) is 0 Å². The van der Waals surface area contributed by atoms with Crippen molar-refractivity contribution >= 4 is 9.84 Å². The number of aromatic nitrogens is 1. The van der Waals surface area contributed by atoms with Crippen LogP contribution in [0.25, 0.3) is 0 Å². The summed E-state index contributed by atoms with van der Waals surface area (Å²) in [6.07, 6.45) is 1.69. The van der Waals surface area contributed by atoms with Gasteiger partial charge in [0, 0.05) is 5.69 Å². The van der Waals surface area contributed by atoms with Crippen LogP contribution in [0.4, 0.5) is 0 Å². The van der Waals surface area contributed by atoms with E-state index in [4.69, 9.17) is 0 Å². The lowest BCUT2D eigenvalue weighted by molar-refractivity contribution is 0.594. The number of aromatic amines is 1. The molecule has 0 unspecified atom stereocenters. The van der Waals surface area contributed by atoms with Gasteiger partial charge in [-0.25, -0.2) is 8.42 Å². The van der Waals surface area contributed by atoms with E-state index in [1.807, 2.05) is 13.8 Å². The van der Waals surface area contributed by atoms with E-state index in [1.54, 1.807) is 13.8 Å². The lowest BCUT2D eigenvalue weighted by Gasteiger charge is -2.12. The van der Waals surface area contributed by atoms with Crippen LogP contribution in [-0.2, 0) is 16.3 Å². The first-order chi connectivity index (χ1) is 7.85. The lowest BCUT2D eigenvalue weighted by atomic mass is 10.0. The van der Waals surface area contributed by atoms with Crippen molar-refractivity contribution in [2.45, 2.75) is 45.4 Å². The standard InChI is InChI=1S/C12H19NO3S/c1-5-7-10-8(3)11(17(15,16)6-2)12(14)13-9(10)4/h5-7H2,1-4H3,(H,13,14). The molecule has 1 N–H and O–H groups in total. The van der Waals surface area contributed by atoms with E-state index in [9.17, 15) is 13.2 Å². The van der Waals surface area contributed by atoms with E-state index >= 15 is 0 Å². The van der Waals surface area contributed by atoms with Crippen molar-refractivity contribution in [2.75, 3.05) is 5.75 Å². The highest BCUT2D eigenvalue weighted by Gasteiger charge is 2.22. The minimum Gasteiger partial charge on any atom is -0.325 e. The summed E-state index contributed by atoms with van der Waals surface area (Å²) in [4.78, 5) is 14.4. The predicted octanol–water partition coefficient (Wildman–Crippen LogP) is 1.74. The zero-order valence-electron chi connectivity index (χ0n) is 10.8. The number of sulfone groups is 1. The smallest absolute Gasteiger partial charge is 0.267 e. The van der Waals surface area contributed by atoms with E-state index in [0.29, 0.717) is 5.56 Å². The Morgan fingerprint density at radius 1 is 1.18 bits per heavy atom. The molecule has 0 fully saturated rings. The molecule has 0 aliphatic carbocycles. The Kier molecular flexibility index (Phi) is 4.14. The minimum atomic E-state index is -3.46. The van der Waals surface area contributed by atoms with E-state index in [2.05, 4.69) is 4.98 Å². The Morgan fingerprint density at radius 3 is 2.24 bits per heavy atom. The largest absolute Gasteiger partial charge is 0.325 e. The molecule has 0 aliphatic rings. The second-order valence-corrected chi connectivity index (χ2v) is 6.38. The Labute approximate surface area is 102 Å². The first-order valence-electron chi connectivity index (χ1n) is 5.80. The second kappa shape index (κ2) is 5.04. The molecule has 96 valence electrons. The zero-order valence-corrected chi connectivity index (χ0v) is 11.6. The Balaban J connectivity index is 3.63. The number of nitrogens with one attached hydrogen (secondary N) is 1. The summed E-state index contributed by atoms with van der Waals surface area (Å²) in [6.45, 7) is 7.10. The normalized spacial score (nSPS) is 11.8. The summed E-state index contributed by atoms with van der Waals surface area (Å²) in [5.74, 6) is -0.0501. The van der Waals surface area contributed by atoms with Gasteiger partial charge in [-0.3, -0.25) is 4.79 Å². The van der Waals surface area contributed by atoms with Gasteiger partial charge in [-0.05, 0) is 31.4 Å². The zero-order chi connectivity index (χ0) is 13.2. The molecular formula is C12H19NO3S. The van der Waals surface area contributed by atoms with Gasteiger partial charge in [0.1, 0.15) is 4.90 Å².